The van der Waals surface area contributed by atoms with Gasteiger partial charge in [-0.2, -0.15) is 0 Å². The van der Waals surface area contributed by atoms with Crippen LogP contribution in [0.1, 0.15) is 42.1 Å². The molecule has 0 aromatic heterocycles. The summed E-state index contributed by atoms with van der Waals surface area (Å²) in [5, 5.41) is 0. The van der Waals surface area contributed by atoms with Gasteiger partial charge < -0.3 is 10.5 Å². The minimum atomic E-state index is 0.0668. The second kappa shape index (κ2) is 8.40. The zero-order valence-corrected chi connectivity index (χ0v) is 13.7. The lowest BCUT2D eigenvalue weighted by Gasteiger charge is -2.26. The fourth-order valence-electron chi connectivity index (χ4n) is 2.86. The first-order valence-electron chi connectivity index (χ1n) is 7.63. The van der Waals surface area contributed by atoms with E-state index in [0.29, 0.717) is 0 Å². The van der Waals surface area contributed by atoms with E-state index in [1.54, 1.807) is 0 Å². The van der Waals surface area contributed by atoms with Crippen molar-refractivity contribution < 1.29 is 4.74 Å². The molecule has 20 heavy (non-hydrogen) atoms. The summed E-state index contributed by atoms with van der Waals surface area (Å²) in [5.41, 5.74) is 11.7. The highest BCUT2D eigenvalue weighted by molar-refractivity contribution is 5.39. The lowest BCUT2D eigenvalue weighted by atomic mass is 9.94. The normalized spacial score (nSPS) is 12.9. The van der Waals surface area contributed by atoms with Gasteiger partial charge in [-0.05, 0) is 50.9 Å². The van der Waals surface area contributed by atoms with Gasteiger partial charge in [0.25, 0.3) is 0 Å². The summed E-state index contributed by atoms with van der Waals surface area (Å²) in [6.45, 7) is 15.0. The maximum Gasteiger partial charge on any atom is 0.0593 e. The van der Waals surface area contributed by atoms with Crippen LogP contribution in [0.25, 0.3) is 0 Å². The number of rotatable bonds is 8. The van der Waals surface area contributed by atoms with Gasteiger partial charge in [0.05, 0.1) is 6.61 Å². The van der Waals surface area contributed by atoms with Crippen LogP contribution in [0.4, 0.5) is 0 Å². The molecule has 0 aliphatic carbocycles. The first kappa shape index (κ1) is 17.2. The van der Waals surface area contributed by atoms with Gasteiger partial charge in [0, 0.05) is 25.7 Å². The third kappa shape index (κ3) is 4.89. The Balaban J connectivity index is 2.71. The van der Waals surface area contributed by atoms with E-state index in [2.05, 4.69) is 44.7 Å². The van der Waals surface area contributed by atoms with Crippen LogP contribution in [0.15, 0.2) is 12.1 Å². The molecule has 0 aliphatic heterocycles. The molecule has 0 aliphatic rings. The van der Waals surface area contributed by atoms with Gasteiger partial charge in [-0.15, -0.1) is 0 Å². The number of likely N-dealkylation sites (N-methyl/N-ethyl adjacent to an activating group) is 1. The number of nitrogens with two attached hydrogens (primary N) is 1. The summed E-state index contributed by atoms with van der Waals surface area (Å²) < 4.78 is 5.43. The van der Waals surface area contributed by atoms with E-state index >= 15 is 0 Å². The van der Waals surface area contributed by atoms with E-state index in [-0.39, 0.29) is 6.04 Å². The van der Waals surface area contributed by atoms with E-state index < -0.39 is 0 Å². The molecule has 0 heterocycles. The van der Waals surface area contributed by atoms with Gasteiger partial charge in [-0.1, -0.05) is 24.6 Å². The quantitative estimate of drug-likeness (QED) is 0.743. The number of benzene rings is 1. The Bertz CT molecular complexity index is 394. The average Bonchev–Trinajstić information content (AvgIpc) is 2.36. The van der Waals surface area contributed by atoms with E-state index in [9.17, 15) is 0 Å². The Morgan fingerprint density at radius 1 is 1.15 bits per heavy atom. The second-order valence-corrected chi connectivity index (χ2v) is 5.51. The van der Waals surface area contributed by atoms with Crippen molar-refractivity contribution in [3.05, 3.63) is 34.4 Å². The van der Waals surface area contributed by atoms with Crippen LogP contribution in [-0.2, 0) is 4.74 Å². The fourth-order valence-corrected chi connectivity index (χ4v) is 2.86. The number of ether oxygens (including phenoxy) is 1. The van der Waals surface area contributed by atoms with E-state index in [1.165, 1.54) is 22.3 Å². The third-order valence-corrected chi connectivity index (χ3v) is 3.77. The molecule has 3 heteroatoms. The van der Waals surface area contributed by atoms with Crippen LogP contribution in [-0.4, -0.2) is 37.7 Å². The monoisotopic (exact) mass is 278 g/mol. The molecule has 0 radical (unpaired) electrons. The van der Waals surface area contributed by atoms with Crippen molar-refractivity contribution >= 4 is 0 Å². The largest absolute Gasteiger partial charge is 0.380 e. The molecule has 1 aromatic carbocycles. The minimum Gasteiger partial charge on any atom is -0.380 e. The molecule has 0 saturated carbocycles. The topological polar surface area (TPSA) is 38.5 Å². The SMILES string of the molecule is CCOCCN(CC)CC(N)c1c(C)cc(C)cc1C. The molecular formula is C17H30N2O. The van der Waals surface area contributed by atoms with Crippen LogP contribution < -0.4 is 5.73 Å². The number of aryl methyl sites for hydroxylation is 3. The molecule has 2 N–H and O–H groups in total. The highest BCUT2D eigenvalue weighted by Gasteiger charge is 2.15. The Labute approximate surface area is 124 Å². The van der Waals surface area contributed by atoms with Crippen molar-refractivity contribution in [3.63, 3.8) is 0 Å². The lowest BCUT2D eigenvalue weighted by Crippen LogP contribution is -2.35. The van der Waals surface area contributed by atoms with Gasteiger partial charge in [0.1, 0.15) is 0 Å². The Hall–Kier alpha value is -0.900. The molecule has 3 nitrogen and oxygen atoms in total. The standard InChI is InChI=1S/C17H30N2O/c1-6-19(8-9-20-7-2)12-16(18)17-14(4)10-13(3)11-15(17)5/h10-11,16H,6-9,12,18H2,1-5H3. The smallest absolute Gasteiger partial charge is 0.0593 e. The van der Waals surface area contributed by atoms with Crippen LogP contribution in [0.5, 0.6) is 0 Å². The molecule has 114 valence electrons. The van der Waals surface area contributed by atoms with Crippen LogP contribution >= 0.6 is 0 Å². The van der Waals surface area contributed by atoms with Gasteiger partial charge in [0.2, 0.25) is 0 Å². The first-order valence-corrected chi connectivity index (χ1v) is 7.63. The summed E-state index contributed by atoms with van der Waals surface area (Å²) in [7, 11) is 0. The molecular weight excluding hydrogens is 248 g/mol. The summed E-state index contributed by atoms with van der Waals surface area (Å²) in [4.78, 5) is 2.36. The molecule has 1 atom stereocenters. The Morgan fingerprint density at radius 2 is 1.75 bits per heavy atom. The summed E-state index contributed by atoms with van der Waals surface area (Å²) in [6, 6.07) is 4.51. The third-order valence-electron chi connectivity index (χ3n) is 3.77. The Kier molecular flexibility index (Phi) is 7.20. The van der Waals surface area contributed by atoms with Gasteiger partial charge in [-0.3, -0.25) is 4.90 Å². The molecule has 1 unspecified atom stereocenters. The molecule has 1 rings (SSSR count). The maximum absolute atomic E-state index is 6.44. The van der Waals surface area contributed by atoms with Crippen molar-refractivity contribution in [2.75, 3.05) is 32.8 Å². The van der Waals surface area contributed by atoms with Crippen molar-refractivity contribution in [1.82, 2.24) is 4.90 Å². The fraction of sp³-hybridized carbons (Fsp3) is 0.647. The predicted molar refractivity (Wildman–Crippen MR) is 86.2 cm³/mol. The van der Waals surface area contributed by atoms with Crippen LogP contribution in [0, 0.1) is 20.8 Å². The molecule has 0 saturated heterocycles. The number of hydrogen-bond donors (Lipinski definition) is 1. The molecule has 1 aromatic rings. The summed E-state index contributed by atoms with van der Waals surface area (Å²) in [6.07, 6.45) is 0. The highest BCUT2D eigenvalue weighted by Crippen LogP contribution is 2.22. The van der Waals surface area contributed by atoms with Crippen molar-refractivity contribution in [2.45, 2.75) is 40.7 Å². The van der Waals surface area contributed by atoms with Crippen LogP contribution in [0.2, 0.25) is 0 Å². The second-order valence-electron chi connectivity index (χ2n) is 5.51. The Morgan fingerprint density at radius 3 is 2.25 bits per heavy atom. The zero-order chi connectivity index (χ0) is 15.1. The zero-order valence-electron chi connectivity index (χ0n) is 13.7. The van der Waals surface area contributed by atoms with Crippen LogP contribution in [0.3, 0.4) is 0 Å². The molecule has 0 amide bonds. The number of nitrogens with zero attached hydrogens (tertiary/aromatic N) is 1. The molecule has 0 bridgehead atoms. The predicted octanol–water partition coefficient (Wildman–Crippen LogP) is 2.97. The van der Waals surface area contributed by atoms with Crippen molar-refractivity contribution in [1.29, 1.82) is 0 Å². The van der Waals surface area contributed by atoms with Crippen molar-refractivity contribution in [3.8, 4) is 0 Å². The number of hydrogen-bond acceptors (Lipinski definition) is 3. The highest BCUT2D eigenvalue weighted by atomic mass is 16.5. The van der Waals surface area contributed by atoms with Gasteiger partial charge in [-0.25, -0.2) is 0 Å². The van der Waals surface area contributed by atoms with E-state index in [1.807, 2.05) is 6.92 Å². The van der Waals surface area contributed by atoms with Crippen molar-refractivity contribution in [2.24, 2.45) is 5.73 Å². The maximum atomic E-state index is 6.44. The first-order chi connectivity index (χ1) is 9.49. The minimum absolute atomic E-state index is 0.0668. The summed E-state index contributed by atoms with van der Waals surface area (Å²) >= 11 is 0. The van der Waals surface area contributed by atoms with Gasteiger partial charge >= 0.3 is 0 Å². The van der Waals surface area contributed by atoms with Gasteiger partial charge in [0.15, 0.2) is 0 Å². The van der Waals surface area contributed by atoms with E-state index in [0.717, 1.165) is 32.8 Å². The summed E-state index contributed by atoms with van der Waals surface area (Å²) in [5.74, 6) is 0. The van der Waals surface area contributed by atoms with E-state index in [4.69, 9.17) is 10.5 Å². The lowest BCUT2D eigenvalue weighted by molar-refractivity contribution is 0.113. The average molecular weight is 278 g/mol. The molecule has 0 fully saturated rings. The molecule has 0 spiro atoms.